The number of allylic oxidation sites excluding steroid dienone is 1. The lowest BCUT2D eigenvalue weighted by atomic mass is 10.1. The van der Waals surface area contributed by atoms with E-state index in [1.54, 1.807) is 12.1 Å². The van der Waals surface area contributed by atoms with Crippen molar-refractivity contribution >= 4 is 11.9 Å². The van der Waals surface area contributed by atoms with Gasteiger partial charge in [0.25, 0.3) is 0 Å². The zero-order valence-corrected chi connectivity index (χ0v) is 11.3. The number of rotatable bonds is 4. The van der Waals surface area contributed by atoms with Crippen molar-refractivity contribution in [2.24, 2.45) is 0 Å². The van der Waals surface area contributed by atoms with Gasteiger partial charge in [0.05, 0.1) is 12.7 Å². The zero-order valence-electron chi connectivity index (χ0n) is 11.3. The molecule has 0 saturated carbocycles. The van der Waals surface area contributed by atoms with Crippen LogP contribution < -0.4 is 4.74 Å². The third kappa shape index (κ3) is 3.33. The van der Waals surface area contributed by atoms with E-state index in [9.17, 15) is 20.1 Å². The first-order valence-corrected chi connectivity index (χ1v) is 6.12. The molecule has 0 aromatic heterocycles. The van der Waals surface area contributed by atoms with Gasteiger partial charge in [0, 0.05) is 17.7 Å². The summed E-state index contributed by atoms with van der Waals surface area (Å²) in [5.41, 5.74) is 0.513. The monoisotopic (exact) mass is 286 g/mol. The molecule has 5 nitrogen and oxygen atoms in total. The van der Waals surface area contributed by atoms with E-state index in [0.717, 1.165) is 6.07 Å². The number of phenolic OH excluding ortho intramolecular Hbond substituents is 3. The first-order valence-electron chi connectivity index (χ1n) is 6.12. The molecule has 108 valence electrons. The molecule has 2 rings (SSSR count). The number of carbonyl (C=O) groups excluding carboxylic acids is 1. The molecule has 0 atom stereocenters. The van der Waals surface area contributed by atoms with Gasteiger partial charge in [0.1, 0.15) is 23.0 Å². The molecule has 0 bridgehead atoms. The molecule has 0 spiro atoms. The van der Waals surface area contributed by atoms with E-state index in [0.29, 0.717) is 11.3 Å². The molecule has 0 radical (unpaired) electrons. The summed E-state index contributed by atoms with van der Waals surface area (Å²) in [6.07, 6.45) is 2.66. The minimum absolute atomic E-state index is 0.0201. The van der Waals surface area contributed by atoms with Crippen LogP contribution in [-0.4, -0.2) is 28.2 Å². The summed E-state index contributed by atoms with van der Waals surface area (Å²) < 4.78 is 4.96. The van der Waals surface area contributed by atoms with Gasteiger partial charge in [-0.15, -0.1) is 0 Å². The van der Waals surface area contributed by atoms with Gasteiger partial charge in [0.15, 0.2) is 5.78 Å². The van der Waals surface area contributed by atoms with Gasteiger partial charge in [-0.25, -0.2) is 0 Å². The van der Waals surface area contributed by atoms with Crippen LogP contribution in [0.3, 0.4) is 0 Å². The molecule has 21 heavy (non-hydrogen) atoms. The lowest BCUT2D eigenvalue weighted by Crippen LogP contribution is -1.94. The highest BCUT2D eigenvalue weighted by atomic mass is 16.5. The van der Waals surface area contributed by atoms with Crippen molar-refractivity contribution in [1.29, 1.82) is 0 Å². The molecule has 2 aromatic carbocycles. The van der Waals surface area contributed by atoms with E-state index in [1.165, 1.54) is 37.5 Å². The minimum Gasteiger partial charge on any atom is -0.508 e. The summed E-state index contributed by atoms with van der Waals surface area (Å²) in [5, 5.41) is 28.6. The first kappa shape index (κ1) is 14.5. The molecule has 0 aliphatic heterocycles. The molecular formula is C16H14O5. The Balaban J connectivity index is 2.22. The van der Waals surface area contributed by atoms with Gasteiger partial charge in [-0.2, -0.15) is 0 Å². The second kappa shape index (κ2) is 6.00. The molecule has 0 amide bonds. The maximum atomic E-state index is 11.9. The first-order chi connectivity index (χ1) is 10.0. The van der Waals surface area contributed by atoms with E-state index < -0.39 is 5.78 Å². The van der Waals surface area contributed by atoms with Gasteiger partial charge in [0.2, 0.25) is 0 Å². The molecular weight excluding hydrogens is 272 g/mol. The Kier molecular flexibility index (Phi) is 4.13. The third-order valence-corrected chi connectivity index (χ3v) is 2.90. The number of benzene rings is 2. The van der Waals surface area contributed by atoms with Gasteiger partial charge < -0.3 is 20.1 Å². The largest absolute Gasteiger partial charge is 0.508 e. The van der Waals surface area contributed by atoms with Crippen LogP contribution in [0.25, 0.3) is 6.08 Å². The molecule has 2 aromatic rings. The smallest absolute Gasteiger partial charge is 0.189 e. The quantitative estimate of drug-likeness (QED) is 0.594. The second-order valence-electron chi connectivity index (χ2n) is 4.32. The number of methoxy groups -OCH3 is 1. The molecule has 0 aliphatic carbocycles. The van der Waals surface area contributed by atoms with Crippen LogP contribution >= 0.6 is 0 Å². The van der Waals surface area contributed by atoms with Gasteiger partial charge in [-0.05, 0) is 36.4 Å². The summed E-state index contributed by atoms with van der Waals surface area (Å²) in [7, 11) is 1.49. The molecule has 0 heterocycles. The third-order valence-electron chi connectivity index (χ3n) is 2.90. The Bertz CT molecular complexity index is 704. The Morgan fingerprint density at radius 3 is 2.43 bits per heavy atom. The highest BCUT2D eigenvalue weighted by Gasteiger charge is 2.09. The minimum atomic E-state index is -0.442. The predicted octanol–water partition coefficient (Wildman–Crippen LogP) is 2.71. The summed E-state index contributed by atoms with van der Waals surface area (Å²) in [4.78, 5) is 11.9. The predicted molar refractivity (Wildman–Crippen MR) is 77.8 cm³/mol. The van der Waals surface area contributed by atoms with E-state index in [-0.39, 0.29) is 22.8 Å². The highest BCUT2D eigenvalue weighted by Crippen LogP contribution is 2.26. The number of hydrogen-bond acceptors (Lipinski definition) is 5. The Labute approximate surface area is 121 Å². The summed E-state index contributed by atoms with van der Waals surface area (Å²) >= 11 is 0. The summed E-state index contributed by atoms with van der Waals surface area (Å²) in [5.74, 6) is -0.382. The number of hydrogen-bond donors (Lipinski definition) is 3. The second-order valence-corrected chi connectivity index (χ2v) is 4.32. The van der Waals surface area contributed by atoms with E-state index in [1.807, 2.05) is 0 Å². The van der Waals surface area contributed by atoms with Crippen molar-refractivity contribution in [3.63, 3.8) is 0 Å². The van der Waals surface area contributed by atoms with Crippen LogP contribution in [0, 0.1) is 0 Å². The fraction of sp³-hybridized carbons (Fsp3) is 0.0625. The van der Waals surface area contributed by atoms with Gasteiger partial charge in [-0.3, -0.25) is 4.79 Å². The maximum absolute atomic E-state index is 11.9. The highest BCUT2D eigenvalue weighted by molar-refractivity contribution is 6.08. The number of phenols is 3. The fourth-order valence-electron chi connectivity index (χ4n) is 1.78. The van der Waals surface area contributed by atoms with Crippen LogP contribution in [0.1, 0.15) is 15.9 Å². The number of ketones is 1. The molecule has 0 unspecified atom stereocenters. The number of carbonyl (C=O) groups is 1. The van der Waals surface area contributed by atoms with E-state index in [4.69, 9.17) is 4.74 Å². The average Bonchev–Trinajstić information content (AvgIpc) is 2.45. The Hall–Kier alpha value is -2.95. The van der Waals surface area contributed by atoms with Crippen LogP contribution in [0.15, 0.2) is 42.5 Å². The van der Waals surface area contributed by atoms with Gasteiger partial charge in [-0.1, -0.05) is 0 Å². The molecule has 0 fully saturated rings. The average molecular weight is 286 g/mol. The zero-order chi connectivity index (χ0) is 15.4. The van der Waals surface area contributed by atoms with Crippen molar-refractivity contribution in [3.8, 4) is 23.0 Å². The SMILES string of the molecule is COc1ccc(/C=C/C(=O)c2ccc(O)cc2O)c(O)c1. The summed E-state index contributed by atoms with van der Waals surface area (Å²) in [6.45, 7) is 0. The number of ether oxygens (including phenoxy) is 1. The molecule has 0 saturated heterocycles. The van der Waals surface area contributed by atoms with Gasteiger partial charge >= 0.3 is 0 Å². The normalized spacial score (nSPS) is 10.7. The van der Waals surface area contributed by atoms with Crippen molar-refractivity contribution < 1.29 is 24.9 Å². The fourth-order valence-corrected chi connectivity index (χ4v) is 1.78. The maximum Gasteiger partial charge on any atom is 0.189 e. The number of aromatic hydroxyl groups is 3. The molecule has 0 aliphatic rings. The van der Waals surface area contributed by atoms with Crippen LogP contribution in [0.4, 0.5) is 0 Å². The topological polar surface area (TPSA) is 87.0 Å². The lowest BCUT2D eigenvalue weighted by Gasteiger charge is -2.03. The van der Waals surface area contributed by atoms with Crippen molar-refractivity contribution in [2.75, 3.05) is 7.11 Å². The van der Waals surface area contributed by atoms with E-state index >= 15 is 0 Å². The van der Waals surface area contributed by atoms with Crippen LogP contribution in [-0.2, 0) is 0 Å². The standard InChI is InChI=1S/C16H14O5/c1-21-12-5-2-10(15(19)9-12)3-7-14(18)13-6-4-11(17)8-16(13)20/h2-9,17,19-20H,1H3/b7-3+. The lowest BCUT2D eigenvalue weighted by molar-refractivity contribution is 0.104. The van der Waals surface area contributed by atoms with Crippen molar-refractivity contribution in [1.82, 2.24) is 0 Å². The van der Waals surface area contributed by atoms with Crippen LogP contribution in [0.5, 0.6) is 23.0 Å². The van der Waals surface area contributed by atoms with Crippen LogP contribution in [0.2, 0.25) is 0 Å². The molecule has 5 heteroatoms. The van der Waals surface area contributed by atoms with Crippen molar-refractivity contribution in [3.05, 3.63) is 53.6 Å². The van der Waals surface area contributed by atoms with E-state index in [2.05, 4.69) is 0 Å². The molecule has 3 N–H and O–H groups in total. The van der Waals surface area contributed by atoms with Crippen molar-refractivity contribution in [2.45, 2.75) is 0 Å². The summed E-state index contributed by atoms with van der Waals surface area (Å²) in [6, 6.07) is 8.42. The Morgan fingerprint density at radius 2 is 1.81 bits per heavy atom. The Morgan fingerprint density at radius 1 is 1.05 bits per heavy atom.